The normalized spacial score (nSPS) is 11.8. The molecule has 0 aliphatic carbocycles. The second kappa shape index (κ2) is 8.29. The second-order valence-electron chi connectivity index (χ2n) is 5.63. The number of carbonyl (C=O) groups excluding carboxylic acids is 1. The fourth-order valence-corrected chi connectivity index (χ4v) is 2.91. The van der Waals surface area contributed by atoms with Crippen molar-refractivity contribution in [3.05, 3.63) is 29.8 Å². The molecule has 0 aromatic heterocycles. The van der Waals surface area contributed by atoms with Crippen LogP contribution < -0.4 is 4.72 Å². The zero-order valence-corrected chi connectivity index (χ0v) is 13.9. The van der Waals surface area contributed by atoms with Gasteiger partial charge in [0.1, 0.15) is 0 Å². The topological polar surface area (TPSA) is 63.2 Å². The van der Waals surface area contributed by atoms with E-state index in [1.807, 2.05) is 20.8 Å². The van der Waals surface area contributed by atoms with Crippen LogP contribution in [0.1, 0.15) is 56.8 Å². The van der Waals surface area contributed by atoms with Crippen molar-refractivity contribution in [3.63, 3.8) is 0 Å². The summed E-state index contributed by atoms with van der Waals surface area (Å²) in [6.45, 7) is 6.55. The highest BCUT2D eigenvalue weighted by atomic mass is 32.2. The molecular formula is C16H25NO3S. The van der Waals surface area contributed by atoms with E-state index in [1.165, 1.54) is 12.1 Å². The molecule has 0 unspecified atom stereocenters. The van der Waals surface area contributed by atoms with Gasteiger partial charge in [-0.1, -0.05) is 39.3 Å². The standard InChI is InChI=1S/C16H25NO3S/c1-4-5-6-16(18)14-7-9-15(10-8-14)21(19,20)17-12-11-13(2)3/h7-10,13,17H,4-6,11-12H2,1-3H3. The van der Waals surface area contributed by atoms with Crippen molar-refractivity contribution in [1.29, 1.82) is 0 Å². The number of rotatable bonds is 9. The molecule has 1 N–H and O–H groups in total. The number of sulfonamides is 1. The van der Waals surface area contributed by atoms with E-state index in [-0.39, 0.29) is 10.7 Å². The van der Waals surface area contributed by atoms with Crippen LogP contribution in [0.25, 0.3) is 0 Å². The molecule has 0 fully saturated rings. The summed E-state index contributed by atoms with van der Waals surface area (Å²) in [4.78, 5) is 12.1. The van der Waals surface area contributed by atoms with E-state index < -0.39 is 10.0 Å². The highest BCUT2D eigenvalue weighted by Gasteiger charge is 2.14. The van der Waals surface area contributed by atoms with Crippen LogP contribution in [0.3, 0.4) is 0 Å². The van der Waals surface area contributed by atoms with Gasteiger partial charge >= 0.3 is 0 Å². The van der Waals surface area contributed by atoms with Crippen molar-refractivity contribution in [2.75, 3.05) is 6.54 Å². The summed E-state index contributed by atoms with van der Waals surface area (Å²) in [5, 5.41) is 0. The van der Waals surface area contributed by atoms with E-state index in [2.05, 4.69) is 4.72 Å². The molecule has 0 heterocycles. The number of benzene rings is 1. The number of hydrogen-bond acceptors (Lipinski definition) is 3. The molecule has 0 aliphatic heterocycles. The molecule has 1 rings (SSSR count). The fraction of sp³-hybridized carbons (Fsp3) is 0.562. The Hall–Kier alpha value is -1.20. The Morgan fingerprint density at radius 1 is 1.19 bits per heavy atom. The summed E-state index contributed by atoms with van der Waals surface area (Å²) in [5.74, 6) is 0.514. The third-order valence-corrected chi connectivity index (χ3v) is 4.73. The van der Waals surface area contributed by atoms with Crippen LogP contribution in [0.5, 0.6) is 0 Å². The van der Waals surface area contributed by atoms with Gasteiger partial charge in [0, 0.05) is 18.5 Å². The Balaban J connectivity index is 2.70. The maximum atomic E-state index is 12.1. The molecular weight excluding hydrogens is 286 g/mol. The van der Waals surface area contributed by atoms with Gasteiger partial charge in [0.05, 0.1) is 4.90 Å². The molecule has 21 heavy (non-hydrogen) atoms. The molecule has 0 saturated heterocycles. The van der Waals surface area contributed by atoms with E-state index in [4.69, 9.17) is 0 Å². The molecule has 0 saturated carbocycles. The number of unbranched alkanes of at least 4 members (excludes halogenated alkanes) is 1. The third-order valence-electron chi connectivity index (χ3n) is 3.26. The van der Waals surface area contributed by atoms with Crippen LogP contribution in [0.15, 0.2) is 29.2 Å². The first-order chi connectivity index (χ1) is 9.86. The Bertz CT molecular complexity index is 547. The van der Waals surface area contributed by atoms with Gasteiger partial charge in [-0.05, 0) is 30.9 Å². The molecule has 0 spiro atoms. The van der Waals surface area contributed by atoms with Crippen LogP contribution in [0.2, 0.25) is 0 Å². The smallest absolute Gasteiger partial charge is 0.240 e. The summed E-state index contributed by atoms with van der Waals surface area (Å²) >= 11 is 0. The number of hydrogen-bond donors (Lipinski definition) is 1. The van der Waals surface area contributed by atoms with Crippen LogP contribution in [0, 0.1) is 5.92 Å². The van der Waals surface area contributed by atoms with Gasteiger partial charge in [-0.3, -0.25) is 4.79 Å². The largest absolute Gasteiger partial charge is 0.294 e. The molecule has 0 atom stereocenters. The molecule has 0 radical (unpaired) electrons. The summed E-state index contributed by atoms with van der Waals surface area (Å²) in [6, 6.07) is 6.18. The lowest BCUT2D eigenvalue weighted by atomic mass is 10.1. The Morgan fingerprint density at radius 2 is 1.81 bits per heavy atom. The van der Waals surface area contributed by atoms with Crippen molar-refractivity contribution in [3.8, 4) is 0 Å². The van der Waals surface area contributed by atoms with Crippen LogP contribution in [0.4, 0.5) is 0 Å². The molecule has 118 valence electrons. The van der Waals surface area contributed by atoms with Gasteiger partial charge in [0.2, 0.25) is 10.0 Å². The van der Waals surface area contributed by atoms with E-state index >= 15 is 0 Å². The van der Waals surface area contributed by atoms with E-state index in [1.54, 1.807) is 12.1 Å². The predicted octanol–water partition coefficient (Wildman–Crippen LogP) is 3.38. The molecule has 4 nitrogen and oxygen atoms in total. The summed E-state index contributed by atoms with van der Waals surface area (Å²) < 4.78 is 26.7. The van der Waals surface area contributed by atoms with Crippen molar-refractivity contribution in [2.45, 2.75) is 51.3 Å². The van der Waals surface area contributed by atoms with Crippen molar-refractivity contribution >= 4 is 15.8 Å². The van der Waals surface area contributed by atoms with Gasteiger partial charge in [0.15, 0.2) is 5.78 Å². The zero-order chi connectivity index (χ0) is 15.9. The SMILES string of the molecule is CCCCC(=O)c1ccc(S(=O)(=O)NCCC(C)C)cc1. The average molecular weight is 311 g/mol. The van der Waals surface area contributed by atoms with Crippen molar-refractivity contribution in [1.82, 2.24) is 4.72 Å². The minimum absolute atomic E-state index is 0.0635. The summed E-state index contributed by atoms with van der Waals surface area (Å²) in [6.07, 6.45) is 3.13. The first kappa shape index (κ1) is 17.9. The highest BCUT2D eigenvalue weighted by molar-refractivity contribution is 7.89. The van der Waals surface area contributed by atoms with Gasteiger partial charge in [-0.25, -0.2) is 13.1 Å². The molecule has 5 heteroatoms. The number of carbonyl (C=O) groups is 1. The molecule has 1 aromatic rings. The molecule has 0 amide bonds. The highest BCUT2D eigenvalue weighted by Crippen LogP contribution is 2.13. The summed E-state index contributed by atoms with van der Waals surface area (Å²) in [5.41, 5.74) is 0.574. The Morgan fingerprint density at radius 3 is 2.33 bits per heavy atom. The Labute approximate surface area is 128 Å². The number of Topliss-reactive ketones (excluding diaryl/α,β-unsaturated/α-hetero) is 1. The maximum Gasteiger partial charge on any atom is 0.240 e. The fourth-order valence-electron chi connectivity index (χ4n) is 1.87. The van der Waals surface area contributed by atoms with Crippen molar-refractivity contribution in [2.24, 2.45) is 5.92 Å². The second-order valence-corrected chi connectivity index (χ2v) is 7.40. The minimum Gasteiger partial charge on any atom is -0.294 e. The third kappa shape index (κ3) is 5.98. The Kier molecular flexibility index (Phi) is 7.05. The minimum atomic E-state index is -3.48. The van der Waals surface area contributed by atoms with Gasteiger partial charge in [-0.2, -0.15) is 0 Å². The molecule has 0 aliphatic rings. The first-order valence-corrected chi connectivity index (χ1v) is 8.98. The van der Waals surface area contributed by atoms with Crippen LogP contribution in [-0.4, -0.2) is 20.7 Å². The van der Waals surface area contributed by atoms with Crippen molar-refractivity contribution < 1.29 is 13.2 Å². The van der Waals surface area contributed by atoms with Gasteiger partial charge in [0.25, 0.3) is 0 Å². The van der Waals surface area contributed by atoms with Crippen LogP contribution in [-0.2, 0) is 10.0 Å². The lowest BCUT2D eigenvalue weighted by Crippen LogP contribution is -2.25. The first-order valence-electron chi connectivity index (χ1n) is 7.49. The monoisotopic (exact) mass is 311 g/mol. The van der Waals surface area contributed by atoms with E-state index in [0.29, 0.717) is 24.4 Å². The average Bonchev–Trinajstić information content (AvgIpc) is 2.44. The molecule has 1 aromatic carbocycles. The van der Waals surface area contributed by atoms with Crippen LogP contribution >= 0.6 is 0 Å². The summed E-state index contributed by atoms with van der Waals surface area (Å²) in [7, 11) is -3.48. The molecule has 0 bridgehead atoms. The van der Waals surface area contributed by atoms with E-state index in [0.717, 1.165) is 19.3 Å². The lowest BCUT2D eigenvalue weighted by molar-refractivity contribution is 0.0979. The number of nitrogens with one attached hydrogen (secondary N) is 1. The lowest BCUT2D eigenvalue weighted by Gasteiger charge is -2.09. The van der Waals surface area contributed by atoms with Gasteiger partial charge in [-0.15, -0.1) is 0 Å². The van der Waals surface area contributed by atoms with Gasteiger partial charge < -0.3 is 0 Å². The van der Waals surface area contributed by atoms with E-state index in [9.17, 15) is 13.2 Å². The zero-order valence-electron chi connectivity index (χ0n) is 13.1. The maximum absolute atomic E-state index is 12.1. The number of ketones is 1. The quantitative estimate of drug-likeness (QED) is 0.711. The predicted molar refractivity (Wildman–Crippen MR) is 84.9 cm³/mol.